The first-order valence-corrected chi connectivity index (χ1v) is 8.60. The maximum atomic E-state index is 10.8. The first-order valence-electron chi connectivity index (χ1n) is 6.57. The minimum absolute atomic E-state index is 0.110. The Bertz CT molecular complexity index is 594. The van der Waals surface area contributed by atoms with E-state index in [2.05, 4.69) is 36.1 Å². The highest BCUT2D eigenvalue weighted by molar-refractivity contribution is 7.98. The fourth-order valence-electron chi connectivity index (χ4n) is 1.69. The first kappa shape index (κ1) is 16.0. The van der Waals surface area contributed by atoms with Crippen LogP contribution in [0.1, 0.15) is 16.1 Å². The lowest BCUT2D eigenvalue weighted by atomic mass is 10.2. The zero-order chi connectivity index (χ0) is 15.2. The predicted octanol–water partition coefficient (Wildman–Crippen LogP) is 3.30. The third kappa shape index (κ3) is 4.84. The van der Waals surface area contributed by atoms with Crippen molar-refractivity contribution in [1.82, 2.24) is 9.88 Å². The Kier molecular flexibility index (Phi) is 5.78. The van der Waals surface area contributed by atoms with E-state index in [0.29, 0.717) is 0 Å². The van der Waals surface area contributed by atoms with E-state index in [4.69, 9.17) is 5.11 Å². The number of thiazole rings is 1. The van der Waals surface area contributed by atoms with E-state index >= 15 is 0 Å². The van der Waals surface area contributed by atoms with Crippen molar-refractivity contribution < 1.29 is 9.90 Å². The van der Waals surface area contributed by atoms with E-state index in [0.717, 1.165) is 28.6 Å². The monoisotopic (exact) mass is 322 g/mol. The average molecular weight is 322 g/mol. The molecule has 1 N–H and O–H groups in total. The van der Waals surface area contributed by atoms with Gasteiger partial charge in [-0.05, 0) is 19.7 Å². The molecule has 0 saturated heterocycles. The summed E-state index contributed by atoms with van der Waals surface area (Å²) in [6.07, 6.45) is 0. The zero-order valence-electron chi connectivity index (χ0n) is 12.1. The van der Waals surface area contributed by atoms with Crippen LogP contribution < -0.4 is 0 Å². The summed E-state index contributed by atoms with van der Waals surface area (Å²) >= 11 is 3.27. The Labute approximate surface area is 132 Å². The van der Waals surface area contributed by atoms with Crippen molar-refractivity contribution in [1.29, 1.82) is 0 Å². The number of carboxylic acids is 1. The molecule has 0 fully saturated rings. The number of hydrogen-bond acceptors (Lipinski definition) is 5. The van der Waals surface area contributed by atoms with Crippen molar-refractivity contribution in [3.05, 3.63) is 40.9 Å². The summed E-state index contributed by atoms with van der Waals surface area (Å²) in [7, 11) is 4.16. The fraction of sp³-hybridized carbons (Fsp3) is 0.333. The highest BCUT2D eigenvalue weighted by Crippen LogP contribution is 2.25. The molecule has 1 aromatic carbocycles. The molecule has 0 amide bonds. The van der Waals surface area contributed by atoms with Gasteiger partial charge in [-0.15, -0.1) is 11.3 Å². The van der Waals surface area contributed by atoms with Gasteiger partial charge in [0.1, 0.15) is 5.01 Å². The number of aromatic carboxylic acids is 1. The lowest BCUT2D eigenvalue weighted by Gasteiger charge is -2.08. The van der Waals surface area contributed by atoms with Crippen molar-refractivity contribution in [3.8, 4) is 10.6 Å². The second-order valence-corrected chi connectivity index (χ2v) is 6.86. The van der Waals surface area contributed by atoms with Crippen LogP contribution >= 0.6 is 23.1 Å². The third-order valence-corrected chi connectivity index (χ3v) is 4.78. The van der Waals surface area contributed by atoms with Gasteiger partial charge in [0, 0.05) is 29.0 Å². The quantitative estimate of drug-likeness (QED) is 0.793. The number of rotatable bonds is 7. The molecule has 0 atom stereocenters. The molecule has 0 aliphatic rings. The van der Waals surface area contributed by atoms with Crippen LogP contribution in [0.15, 0.2) is 29.6 Å². The van der Waals surface area contributed by atoms with Crippen LogP contribution in [0.5, 0.6) is 0 Å². The van der Waals surface area contributed by atoms with Gasteiger partial charge >= 0.3 is 5.97 Å². The molecule has 0 aliphatic carbocycles. The molecule has 112 valence electrons. The molecule has 2 rings (SSSR count). The van der Waals surface area contributed by atoms with Crippen LogP contribution in [-0.4, -0.2) is 47.4 Å². The summed E-state index contributed by atoms with van der Waals surface area (Å²) in [4.78, 5) is 17.1. The topological polar surface area (TPSA) is 53.4 Å². The molecule has 1 aromatic heterocycles. The highest BCUT2D eigenvalue weighted by atomic mass is 32.2. The molecule has 21 heavy (non-hydrogen) atoms. The molecule has 0 spiro atoms. The van der Waals surface area contributed by atoms with Crippen molar-refractivity contribution in [2.45, 2.75) is 5.75 Å². The van der Waals surface area contributed by atoms with Gasteiger partial charge in [-0.3, -0.25) is 0 Å². The number of aromatic nitrogens is 1. The van der Waals surface area contributed by atoms with Gasteiger partial charge in [0.25, 0.3) is 0 Å². The first-order chi connectivity index (χ1) is 10.1. The van der Waals surface area contributed by atoms with E-state index in [9.17, 15) is 4.79 Å². The highest BCUT2D eigenvalue weighted by Gasteiger charge is 2.09. The molecular weight excluding hydrogens is 304 g/mol. The van der Waals surface area contributed by atoms with Crippen LogP contribution in [0.25, 0.3) is 10.6 Å². The van der Waals surface area contributed by atoms with Crippen LogP contribution in [0, 0.1) is 0 Å². The minimum atomic E-state index is -0.980. The van der Waals surface area contributed by atoms with Crippen LogP contribution in [-0.2, 0) is 5.75 Å². The number of carboxylic acid groups (broad SMARTS) is 1. The Hall–Kier alpha value is -1.37. The van der Waals surface area contributed by atoms with Crippen molar-refractivity contribution in [3.63, 3.8) is 0 Å². The van der Waals surface area contributed by atoms with E-state index < -0.39 is 5.97 Å². The molecule has 0 bridgehead atoms. The lowest BCUT2D eigenvalue weighted by Crippen LogP contribution is -2.14. The second-order valence-electron chi connectivity index (χ2n) is 4.90. The molecule has 2 aromatic rings. The van der Waals surface area contributed by atoms with E-state index in [1.807, 2.05) is 23.9 Å². The maximum absolute atomic E-state index is 10.8. The summed E-state index contributed by atoms with van der Waals surface area (Å²) in [5, 5.41) is 11.2. The van der Waals surface area contributed by atoms with E-state index in [-0.39, 0.29) is 5.69 Å². The van der Waals surface area contributed by atoms with Gasteiger partial charge in [0.05, 0.1) is 0 Å². The second kappa shape index (κ2) is 7.59. The number of hydrogen-bond donors (Lipinski definition) is 1. The number of benzene rings is 1. The zero-order valence-corrected chi connectivity index (χ0v) is 13.7. The Balaban J connectivity index is 1.93. The fourth-order valence-corrected chi connectivity index (χ4v) is 3.55. The van der Waals surface area contributed by atoms with E-state index in [1.54, 1.807) is 5.38 Å². The molecule has 0 saturated carbocycles. The van der Waals surface area contributed by atoms with Gasteiger partial charge in [-0.25, -0.2) is 9.78 Å². The molecule has 0 radical (unpaired) electrons. The molecule has 0 aliphatic heterocycles. The van der Waals surface area contributed by atoms with Crippen molar-refractivity contribution >= 4 is 29.1 Å². The summed E-state index contributed by atoms with van der Waals surface area (Å²) in [5.74, 6) is 1.13. The molecule has 1 heterocycles. The number of nitrogens with zero attached hydrogens (tertiary/aromatic N) is 2. The summed E-state index contributed by atoms with van der Waals surface area (Å²) < 4.78 is 0. The third-order valence-electron chi connectivity index (χ3n) is 2.88. The molecule has 4 nitrogen and oxygen atoms in total. The van der Waals surface area contributed by atoms with Crippen LogP contribution in [0.4, 0.5) is 0 Å². The molecule has 0 unspecified atom stereocenters. The van der Waals surface area contributed by atoms with Crippen LogP contribution in [0.2, 0.25) is 0 Å². The largest absolute Gasteiger partial charge is 0.476 e. The SMILES string of the molecule is CN(C)CCSCc1ccc(-c2nc(C(=O)O)cs2)cc1. The summed E-state index contributed by atoms with van der Waals surface area (Å²) in [5.41, 5.74) is 2.35. The van der Waals surface area contributed by atoms with Gasteiger partial charge in [0.2, 0.25) is 0 Å². The normalized spacial score (nSPS) is 11.0. The van der Waals surface area contributed by atoms with E-state index in [1.165, 1.54) is 16.9 Å². The maximum Gasteiger partial charge on any atom is 0.355 e. The standard InChI is InChI=1S/C15H18N2O2S2/c1-17(2)7-8-20-9-11-3-5-12(6-4-11)14-16-13(10-21-14)15(18)19/h3-6,10H,7-9H2,1-2H3,(H,18,19). The van der Waals surface area contributed by atoms with Crippen LogP contribution in [0.3, 0.4) is 0 Å². The smallest absolute Gasteiger partial charge is 0.355 e. The number of thioether (sulfide) groups is 1. The predicted molar refractivity (Wildman–Crippen MR) is 89.2 cm³/mol. The number of carbonyl (C=O) groups is 1. The minimum Gasteiger partial charge on any atom is -0.476 e. The Morgan fingerprint density at radius 3 is 2.62 bits per heavy atom. The van der Waals surface area contributed by atoms with Crippen molar-refractivity contribution in [2.24, 2.45) is 0 Å². The summed E-state index contributed by atoms with van der Waals surface area (Å²) in [6, 6.07) is 8.18. The summed E-state index contributed by atoms with van der Waals surface area (Å²) in [6.45, 7) is 1.08. The van der Waals surface area contributed by atoms with Gasteiger partial charge < -0.3 is 10.0 Å². The average Bonchev–Trinajstić information content (AvgIpc) is 2.94. The Morgan fingerprint density at radius 1 is 1.33 bits per heavy atom. The van der Waals surface area contributed by atoms with Gasteiger partial charge in [-0.1, -0.05) is 24.3 Å². The molecular formula is C15H18N2O2S2. The van der Waals surface area contributed by atoms with Gasteiger partial charge in [0.15, 0.2) is 5.69 Å². The lowest BCUT2D eigenvalue weighted by molar-refractivity contribution is 0.0691. The van der Waals surface area contributed by atoms with Gasteiger partial charge in [-0.2, -0.15) is 11.8 Å². The molecule has 6 heteroatoms. The van der Waals surface area contributed by atoms with Crippen molar-refractivity contribution in [2.75, 3.05) is 26.4 Å². The Morgan fingerprint density at radius 2 is 2.05 bits per heavy atom.